The average molecular weight is 259 g/mol. The zero-order valence-electron chi connectivity index (χ0n) is 11.3. The third-order valence-electron chi connectivity index (χ3n) is 2.91. The van der Waals surface area contributed by atoms with E-state index in [0.717, 1.165) is 17.1 Å². The molecular formula is C14H17N3O2. The van der Waals surface area contributed by atoms with Crippen LogP contribution in [0, 0.1) is 0 Å². The van der Waals surface area contributed by atoms with E-state index in [0.29, 0.717) is 0 Å². The quantitative estimate of drug-likeness (QED) is 0.908. The lowest BCUT2D eigenvalue weighted by molar-refractivity contribution is -0.119. The summed E-state index contributed by atoms with van der Waals surface area (Å²) in [6, 6.07) is 7.32. The van der Waals surface area contributed by atoms with Gasteiger partial charge < -0.3 is 14.6 Å². The van der Waals surface area contributed by atoms with Gasteiger partial charge in [-0.3, -0.25) is 4.79 Å². The van der Waals surface area contributed by atoms with E-state index < -0.39 is 0 Å². The fourth-order valence-corrected chi connectivity index (χ4v) is 1.95. The first-order valence-corrected chi connectivity index (χ1v) is 6.00. The van der Waals surface area contributed by atoms with Gasteiger partial charge >= 0.3 is 0 Å². The van der Waals surface area contributed by atoms with Gasteiger partial charge in [-0.1, -0.05) is 12.1 Å². The molecule has 0 bridgehead atoms. The van der Waals surface area contributed by atoms with Crippen LogP contribution < -0.4 is 10.1 Å². The lowest BCUT2D eigenvalue weighted by Crippen LogP contribution is -2.28. The van der Waals surface area contributed by atoms with Crippen LogP contribution in [0.4, 0.5) is 0 Å². The van der Waals surface area contributed by atoms with E-state index in [9.17, 15) is 4.79 Å². The summed E-state index contributed by atoms with van der Waals surface area (Å²) >= 11 is 0. The molecule has 0 fully saturated rings. The molecule has 1 aromatic heterocycles. The summed E-state index contributed by atoms with van der Waals surface area (Å²) in [6.45, 7) is 1.50. The van der Waals surface area contributed by atoms with Crippen LogP contribution in [-0.4, -0.2) is 22.6 Å². The Morgan fingerprint density at radius 1 is 1.37 bits per heavy atom. The fourth-order valence-electron chi connectivity index (χ4n) is 1.95. The molecule has 5 heteroatoms. The SMILES string of the molecule is COc1ccc(C(NC(C)=O)c2nccn2C)cc1. The highest BCUT2D eigenvalue weighted by Gasteiger charge is 2.19. The number of hydrogen-bond donors (Lipinski definition) is 1. The van der Waals surface area contributed by atoms with Gasteiger partial charge in [-0.25, -0.2) is 4.98 Å². The molecule has 0 radical (unpaired) electrons. The molecule has 2 aromatic rings. The number of imidazole rings is 1. The Morgan fingerprint density at radius 3 is 2.53 bits per heavy atom. The first kappa shape index (κ1) is 13.1. The van der Waals surface area contributed by atoms with Crippen LogP contribution in [0.5, 0.6) is 5.75 Å². The molecule has 0 spiro atoms. The number of amides is 1. The Kier molecular flexibility index (Phi) is 3.85. The molecule has 0 aliphatic carbocycles. The Bertz CT molecular complexity index is 560. The monoisotopic (exact) mass is 259 g/mol. The molecule has 0 saturated heterocycles. The minimum absolute atomic E-state index is 0.0937. The molecule has 1 heterocycles. The first-order valence-electron chi connectivity index (χ1n) is 6.00. The average Bonchev–Trinajstić information content (AvgIpc) is 2.82. The summed E-state index contributed by atoms with van der Waals surface area (Å²) < 4.78 is 7.03. The van der Waals surface area contributed by atoms with Crippen molar-refractivity contribution in [2.24, 2.45) is 7.05 Å². The van der Waals surface area contributed by atoms with Crippen LogP contribution in [-0.2, 0) is 11.8 Å². The van der Waals surface area contributed by atoms with Crippen molar-refractivity contribution in [2.75, 3.05) is 7.11 Å². The maximum Gasteiger partial charge on any atom is 0.217 e. The van der Waals surface area contributed by atoms with Crippen molar-refractivity contribution in [1.82, 2.24) is 14.9 Å². The van der Waals surface area contributed by atoms with Gasteiger partial charge in [0, 0.05) is 26.4 Å². The standard InChI is InChI=1S/C14H17N3O2/c1-10(18)16-13(14-15-8-9-17(14)2)11-4-6-12(19-3)7-5-11/h4-9,13H,1-3H3,(H,16,18). The van der Waals surface area contributed by atoms with Gasteiger partial charge in [-0.15, -0.1) is 0 Å². The third kappa shape index (κ3) is 2.93. The van der Waals surface area contributed by atoms with Crippen molar-refractivity contribution in [1.29, 1.82) is 0 Å². The summed E-state index contributed by atoms with van der Waals surface area (Å²) in [5, 5.41) is 2.91. The van der Waals surface area contributed by atoms with Gasteiger partial charge in [-0.05, 0) is 17.7 Å². The summed E-state index contributed by atoms with van der Waals surface area (Å²) in [5.74, 6) is 1.48. The number of nitrogens with one attached hydrogen (secondary N) is 1. The summed E-state index contributed by atoms with van der Waals surface area (Å²) in [7, 11) is 3.53. The molecule has 100 valence electrons. The highest BCUT2D eigenvalue weighted by atomic mass is 16.5. The van der Waals surface area contributed by atoms with Crippen molar-refractivity contribution >= 4 is 5.91 Å². The van der Waals surface area contributed by atoms with Crippen molar-refractivity contribution < 1.29 is 9.53 Å². The van der Waals surface area contributed by atoms with Gasteiger partial charge in [0.1, 0.15) is 17.6 Å². The Balaban J connectivity index is 2.36. The fraction of sp³-hybridized carbons (Fsp3) is 0.286. The van der Waals surface area contributed by atoms with E-state index >= 15 is 0 Å². The number of aromatic nitrogens is 2. The third-order valence-corrected chi connectivity index (χ3v) is 2.91. The molecule has 1 N–H and O–H groups in total. The van der Waals surface area contributed by atoms with Crippen molar-refractivity contribution in [3.8, 4) is 5.75 Å². The number of carbonyl (C=O) groups excluding carboxylic acids is 1. The molecule has 1 aromatic carbocycles. The van der Waals surface area contributed by atoms with E-state index in [1.807, 2.05) is 42.1 Å². The lowest BCUT2D eigenvalue weighted by atomic mass is 10.1. The number of hydrogen-bond acceptors (Lipinski definition) is 3. The van der Waals surface area contributed by atoms with Crippen LogP contribution in [0.3, 0.4) is 0 Å². The second-order valence-electron chi connectivity index (χ2n) is 4.30. The topological polar surface area (TPSA) is 56.1 Å². The van der Waals surface area contributed by atoms with Crippen LogP contribution in [0.15, 0.2) is 36.7 Å². The van der Waals surface area contributed by atoms with Crippen molar-refractivity contribution in [3.05, 3.63) is 48.0 Å². The van der Waals surface area contributed by atoms with Gasteiger partial charge in [0.15, 0.2) is 0 Å². The lowest BCUT2D eigenvalue weighted by Gasteiger charge is -2.18. The van der Waals surface area contributed by atoms with Gasteiger partial charge in [-0.2, -0.15) is 0 Å². The van der Waals surface area contributed by atoms with E-state index in [4.69, 9.17) is 4.74 Å². The molecule has 1 amide bonds. The second-order valence-corrected chi connectivity index (χ2v) is 4.30. The molecule has 2 rings (SSSR count). The van der Waals surface area contributed by atoms with Gasteiger partial charge in [0.2, 0.25) is 5.91 Å². The molecule has 19 heavy (non-hydrogen) atoms. The number of aryl methyl sites for hydroxylation is 1. The number of methoxy groups -OCH3 is 1. The highest BCUT2D eigenvalue weighted by molar-refractivity contribution is 5.73. The smallest absolute Gasteiger partial charge is 0.217 e. The van der Waals surface area contributed by atoms with E-state index in [2.05, 4.69) is 10.3 Å². The zero-order chi connectivity index (χ0) is 13.8. The Morgan fingerprint density at radius 2 is 2.05 bits per heavy atom. The van der Waals surface area contributed by atoms with E-state index in [1.54, 1.807) is 13.3 Å². The van der Waals surface area contributed by atoms with Crippen LogP contribution in [0.25, 0.3) is 0 Å². The maximum absolute atomic E-state index is 11.4. The van der Waals surface area contributed by atoms with E-state index in [1.165, 1.54) is 6.92 Å². The summed E-state index contributed by atoms with van der Waals surface area (Å²) in [6.07, 6.45) is 3.57. The first-order chi connectivity index (χ1) is 9.11. The number of nitrogens with zero attached hydrogens (tertiary/aromatic N) is 2. The molecule has 0 saturated carbocycles. The number of benzene rings is 1. The van der Waals surface area contributed by atoms with E-state index in [-0.39, 0.29) is 11.9 Å². The van der Waals surface area contributed by atoms with Gasteiger partial charge in [0.25, 0.3) is 0 Å². The van der Waals surface area contributed by atoms with Crippen LogP contribution in [0.2, 0.25) is 0 Å². The molecule has 5 nitrogen and oxygen atoms in total. The number of ether oxygens (including phenoxy) is 1. The molecular weight excluding hydrogens is 242 g/mol. The predicted octanol–water partition coefficient (Wildman–Crippen LogP) is 1.65. The highest BCUT2D eigenvalue weighted by Crippen LogP contribution is 2.22. The summed E-state index contributed by atoms with van der Waals surface area (Å²) in [5.41, 5.74) is 0.963. The largest absolute Gasteiger partial charge is 0.497 e. The molecule has 1 unspecified atom stereocenters. The molecule has 0 aliphatic rings. The predicted molar refractivity (Wildman–Crippen MR) is 71.9 cm³/mol. The Labute approximate surface area is 112 Å². The van der Waals surface area contributed by atoms with Crippen LogP contribution in [0.1, 0.15) is 24.4 Å². The van der Waals surface area contributed by atoms with Gasteiger partial charge in [0.05, 0.1) is 7.11 Å². The van der Waals surface area contributed by atoms with Crippen molar-refractivity contribution in [2.45, 2.75) is 13.0 Å². The summed E-state index contributed by atoms with van der Waals surface area (Å²) in [4.78, 5) is 15.7. The van der Waals surface area contributed by atoms with Crippen molar-refractivity contribution in [3.63, 3.8) is 0 Å². The number of carbonyl (C=O) groups is 1. The molecule has 0 aliphatic heterocycles. The normalized spacial score (nSPS) is 11.9. The second kappa shape index (κ2) is 5.56. The maximum atomic E-state index is 11.4. The minimum Gasteiger partial charge on any atom is -0.497 e. The van der Waals surface area contributed by atoms with Crippen LogP contribution >= 0.6 is 0 Å². The number of rotatable bonds is 4. The molecule has 1 atom stereocenters. The Hall–Kier alpha value is -2.30. The minimum atomic E-state index is -0.261. The zero-order valence-corrected chi connectivity index (χ0v) is 11.3.